The molecule has 0 saturated heterocycles. The van der Waals surface area contributed by atoms with Crippen LogP contribution < -0.4 is 10.9 Å². The normalized spacial score (nSPS) is 11.1. The molecule has 0 atom stereocenters. The Balaban J connectivity index is 1.25. The van der Waals surface area contributed by atoms with Crippen LogP contribution >= 0.6 is 11.6 Å². The van der Waals surface area contributed by atoms with Gasteiger partial charge in [-0.05, 0) is 47.5 Å². The van der Waals surface area contributed by atoms with Crippen LogP contribution in [-0.4, -0.2) is 41.9 Å². The van der Waals surface area contributed by atoms with Gasteiger partial charge in [0.25, 0.3) is 11.5 Å². The summed E-state index contributed by atoms with van der Waals surface area (Å²) in [5, 5.41) is 18.2. The second-order valence-electron chi connectivity index (χ2n) is 8.82. The van der Waals surface area contributed by atoms with Gasteiger partial charge >= 0.3 is 0 Å². The number of benzene rings is 1. The van der Waals surface area contributed by atoms with Crippen LogP contribution in [0, 0.1) is 0 Å². The number of nitrogens with zero attached hydrogens (tertiary/aromatic N) is 5. The molecule has 192 valence electrons. The maximum atomic E-state index is 12.9. The van der Waals surface area contributed by atoms with Crippen LogP contribution in [-0.2, 0) is 26.1 Å². The molecule has 4 heterocycles. The van der Waals surface area contributed by atoms with Gasteiger partial charge in [-0.1, -0.05) is 23.7 Å². The highest BCUT2D eigenvalue weighted by molar-refractivity contribution is 6.31. The first-order valence-electron chi connectivity index (χ1n) is 12.1. The van der Waals surface area contributed by atoms with E-state index >= 15 is 0 Å². The first-order chi connectivity index (χ1) is 18.5. The third-order valence-corrected chi connectivity index (χ3v) is 6.33. The van der Waals surface area contributed by atoms with E-state index in [-0.39, 0.29) is 24.6 Å². The predicted molar refractivity (Wildman–Crippen MR) is 144 cm³/mol. The summed E-state index contributed by atoms with van der Waals surface area (Å²) in [7, 11) is 0. The first kappa shape index (κ1) is 25.3. The smallest absolute Gasteiger partial charge is 0.253 e. The Kier molecular flexibility index (Phi) is 7.57. The van der Waals surface area contributed by atoms with E-state index in [0.717, 1.165) is 27.7 Å². The second-order valence-corrected chi connectivity index (χ2v) is 9.26. The Labute approximate surface area is 223 Å². The van der Waals surface area contributed by atoms with Crippen molar-refractivity contribution >= 4 is 28.4 Å². The number of carbonyl (C=O) groups excluding carboxylic acids is 1. The molecule has 1 aromatic carbocycles. The van der Waals surface area contributed by atoms with Crippen molar-refractivity contribution in [2.45, 2.75) is 26.1 Å². The molecule has 9 nitrogen and oxygen atoms in total. The van der Waals surface area contributed by atoms with Crippen LogP contribution in [0.15, 0.2) is 84.2 Å². The summed E-state index contributed by atoms with van der Waals surface area (Å²) in [6.07, 6.45) is 7.31. The van der Waals surface area contributed by atoms with Crippen molar-refractivity contribution in [3.8, 4) is 0 Å². The number of halogens is 1. The lowest BCUT2D eigenvalue weighted by molar-refractivity contribution is 0.0950. The molecule has 0 unspecified atom stereocenters. The van der Waals surface area contributed by atoms with E-state index in [9.17, 15) is 14.7 Å². The maximum Gasteiger partial charge on any atom is 0.253 e. The van der Waals surface area contributed by atoms with Gasteiger partial charge in [0.2, 0.25) is 0 Å². The molecule has 0 bridgehead atoms. The molecule has 5 rings (SSSR count). The molecule has 0 aliphatic carbocycles. The number of nitrogens with one attached hydrogen (secondary N) is 1. The summed E-state index contributed by atoms with van der Waals surface area (Å²) < 4.78 is 3.30. The van der Waals surface area contributed by atoms with Gasteiger partial charge in [-0.2, -0.15) is 5.10 Å². The molecule has 5 aromatic rings. The van der Waals surface area contributed by atoms with Crippen molar-refractivity contribution in [1.29, 1.82) is 0 Å². The third kappa shape index (κ3) is 5.80. The zero-order valence-corrected chi connectivity index (χ0v) is 21.2. The van der Waals surface area contributed by atoms with Gasteiger partial charge in [0.05, 0.1) is 48.7 Å². The van der Waals surface area contributed by atoms with Crippen molar-refractivity contribution in [3.05, 3.63) is 123 Å². The Bertz CT molecular complexity index is 1650. The summed E-state index contributed by atoms with van der Waals surface area (Å²) in [6.45, 7) is 0.902. The topological polar surface area (TPSA) is 115 Å². The van der Waals surface area contributed by atoms with Crippen LogP contribution in [0.2, 0.25) is 5.02 Å². The average Bonchev–Trinajstić information content (AvgIpc) is 3.26. The highest BCUT2D eigenvalue weighted by Gasteiger charge is 2.14. The number of pyridine rings is 3. The van der Waals surface area contributed by atoms with Crippen LogP contribution in [0.3, 0.4) is 0 Å². The summed E-state index contributed by atoms with van der Waals surface area (Å²) in [4.78, 5) is 33.6. The van der Waals surface area contributed by atoms with Gasteiger partial charge in [-0.3, -0.25) is 24.2 Å². The lowest BCUT2D eigenvalue weighted by Crippen LogP contribution is -2.23. The number of fused-ring (bicyclic) bond motifs is 1. The highest BCUT2D eigenvalue weighted by Crippen LogP contribution is 2.23. The lowest BCUT2D eigenvalue weighted by Gasteiger charge is -2.08. The fourth-order valence-electron chi connectivity index (χ4n) is 4.24. The van der Waals surface area contributed by atoms with Crippen LogP contribution in [0.5, 0.6) is 0 Å². The zero-order chi connectivity index (χ0) is 26.5. The van der Waals surface area contributed by atoms with E-state index in [1.165, 1.54) is 12.3 Å². The molecule has 10 heteroatoms. The van der Waals surface area contributed by atoms with E-state index in [4.69, 9.17) is 11.6 Å². The second kappa shape index (κ2) is 11.4. The number of aliphatic hydroxyl groups excluding tert-OH is 1. The van der Waals surface area contributed by atoms with Gasteiger partial charge in [0.15, 0.2) is 0 Å². The zero-order valence-electron chi connectivity index (χ0n) is 20.4. The van der Waals surface area contributed by atoms with E-state index < -0.39 is 0 Å². The van der Waals surface area contributed by atoms with E-state index in [1.807, 2.05) is 24.3 Å². The Morgan fingerprint density at radius 3 is 2.71 bits per heavy atom. The van der Waals surface area contributed by atoms with Gasteiger partial charge in [0, 0.05) is 47.7 Å². The molecule has 0 spiro atoms. The minimum atomic E-state index is -0.270. The van der Waals surface area contributed by atoms with Crippen molar-refractivity contribution in [2.24, 2.45) is 0 Å². The molecule has 0 saturated carbocycles. The SMILES string of the molecule is O=C(NCc1nn(CCO)c2ccc(Cl)cc12)c1cncc(Cc2ccc(Cn3ccccc3=O)nc2)c1. The van der Waals surface area contributed by atoms with E-state index in [0.29, 0.717) is 35.8 Å². The molecule has 38 heavy (non-hydrogen) atoms. The fraction of sp³-hybridized carbons (Fsp3) is 0.179. The number of aromatic nitrogens is 5. The van der Waals surface area contributed by atoms with Crippen LogP contribution in [0.4, 0.5) is 0 Å². The summed E-state index contributed by atoms with van der Waals surface area (Å²) in [5.74, 6) is -0.270. The van der Waals surface area contributed by atoms with Gasteiger partial charge in [-0.15, -0.1) is 0 Å². The largest absolute Gasteiger partial charge is 0.394 e. The quantitative estimate of drug-likeness (QED) is 0.303. The fourth-order valence-corrected chi connectivity index (χ4v) is 4.42. The number of carbonyl (C=O) groups is 1. The van der Waals surface area contributed by atoms with Crippen LogP contribution in [0.1, 0.15) is 32.9 Å². The molecule has 0 aliphatic rings. The minimum Gasteiger partial charge on any atom is -0.394 e. The van der Waals surface area contributed by atoms with Crippen LogP contribution in [0.25, 0.3) is 10.9 Å². The molecule has 4 aromatic heterocycles. The van der Waals surface area contributed by atoms with Gasteiger partial charge < -0.3 is 15.0 Å². The molecule has 2 N–H and O–H groups in total. The molecular formula is C28H25ClN6O3. The van der Waals surface area contributed by atoms with E-state index in [1.54, 1.807) is 52.1 Å². The number of hydrogen-bond acceptors (Lipinski definition) is 6. The van der Waals surface area contributed by atoms with Crippen molar-refractivity contribution in [1.82, 2.24) is 29.6 Å². The van der Waals surface area contributed by atoms with Crippen molar-refractivity contribution in [2.75, 3.05) is 6.61 Å². The lowest BCUT2D eigenvalue weighted by atomic mass is 10.1. The number of aliphatic hydroxyl groups is 1. The van der Waals surface area contributed by atoms with E-state index in [2.05, 4.69) is 20.4 Å². The molecule has 0 aliphatic heterocycles. The van der Waals surface area contributed by atoms with Crippen molar-refractivity contribution in [3.63, 3.8) is 0 Å². The third-order valence-electron chi connectivity index (χ3n) is 6.10. The van der Waals surface area contributed by atoms with Gasteiger partial charge in [0.1, 0.15) is 0 Å². The molecule has 0 radical (unpaired) electrons. The number of rotatable bonds is 9. The Morgan fingerprint density at radius 2 is 1.92 bits per heavy atom. The summed E-state index contributed by atoms with van der Waals surface area (Å²) >= 11 is 6.17. The summed E-state index contributed by atoms with van der Waals surface area (Å²) in [5.41, 5.74) is 4.48. The van der Waals surface area contributed by atoms with Gasteiger partial charge in [-0.25, -0.2) is 0 Å². The number of hydrogen-bond donors (Lipinski definition) is 2. The summed E-state index contributed by atoms with van der Waals surface area (Å²) in [6, 6.07) is 16.1. The highest BCUT2D eigenvalue weighted by atomic mass is 35.5. The maximum absolute atomic E-state index is 12.9. The Morgan fingerprint density at radius 1 is 1.03 bits per heavy atom. The predicted octanol–water partition coefficient (Wildman–Crippen LogP) is 3.20. The number of amides is 1. The van der Waals surface area contributed by atoms with Crippen molar-refractivity contribution < 1.29 is 9.90 Å². The first-order valence-corrected chi connectivity index (χ1v) is 12.4. The monoisotopic (exact) mass is 528 g/mol. The standard InChI is InChI=1S/C28H25ClN6O3/c29-22-5-7-26-24(13-22)25(33-35(26)9-10-36)17-32-28(38)21-12-20(14-30-16-21)11-19-4-6-23(31-15-19)18-34-8-2-1-3-27(34)37/h1-8,12-16,36H,9-11,17-18H2,(H,32,38). The minimum absolute atomic E-state index is 0.0467. The molecule has 0 fully saturated rings. The average molecular weight is 529 g/mol. The Hall–Kier alpha value is -4.34. The molecular weight excluding hydrogens is 504 g/mol. The molecule has 1 amide bonds.